The van der Waals surface area contributed by atoms with Gasteiger partial charge in [0.15, 0.2) is 0 Å². The van der Waals surface area contributed by atoms with Gasteiger partial charge in [-0.1, -0.05) is 39.8 Å². The van der Waals surface area contributed by atoms with E-state index in [0.717, 1.165) is 12.1 Å². The highest BCUT2D eigenvalue weighted by Gasteiger charge is 2.68. The molecule has 0 bridgehead atoms. The Hall–Kier alpha value is -1.51. The summed E-state index contributed by atoms with van der Waals surface area (Å²) in [5.74, 6) is 0.317. The third kappa shape index (κ3) is 2.46. The molecule has 2 rings (SSSR count). The molecule has 0 aliphatic heterocycles. The molecule has 1 aromatic rings. The minimum Gasteiger partial charge on any atom is -0.399 e. The maximum absolute atomic E-state index is 12.1. The molecule has 0 unspecified atom stereocenters. The zero-order valence-corrected chi connectivity index (χ0v) is 12.3. The molecule has 0 aromatic heterocycles. The molecular weight excluding hydrogens is 236 g/mol. The summed E-state index contributed by atoms with van der Waals surface area (Å²) in [5.41, 5.74) is 7.83. The largest absolute Gasteiger partial charge is 0.399 e. The van der Waals surface area contributed by atoms with Crippen molar-refractivity contribution in [1.82, 2.24) is 5.32 Å². The first-order valence-corrected chi connectivity index (χ1v) is 6.89. The van der Waals surface area contributed by atoms with E-state index < -0.39 is 0 Å². The van der Waals surface area contributed by atoms with Gasteiger partial charge in [-0.25, -0.2) is 0 Å². The number of benzene rings is 1. The van der Waals surface area contributed by atoms with Crippen molar-refractivity contribution in [2.75, 3.05) is 12.3 Å². The van der Waals surface area contributed by atoms with E-state index >= 15 is 0 Å². The number of carbonyl (C=O) groups excluding carboxylic acids is 1. The number of carbonyl (C=O) groups is 1. The van der Waals surface area contributed by atoms with Crippen molar-refractivity contribution in [2.24, 2.45) is 16.7 Å². The summed E-state index contributed by atoms with van der Waals surface area (Å²) in [5, 5.41) is 3.05. The second-order valence-corrected chi connectivity index (χ2v) is 6.66. The molecule has 104 valence electrons. The van der Waals surface area contributed by atoms with E-state index in [1.807, 2.05) is 24.3 Å². The van der Waals surface area contributed by atoms with Crippen molar-refractivity contribution >= 4 is 11.6 Å². The van der Waals surface area contributed by atoms with Crippen LogP contribution in [0.2, 0.25) is 0 Å². The van der Waals surface area contributed by atoms with E-state index in [0.29, 0.717) is 6.54 Å². The Labute approximate surface area is 115 Å². The van der Waals surface area contributed by atoms with Gasteiger partial charge in [0.1, 0.15) is 0 Å². The van der Waals surface area contributed by atoms with Crippen LogP contribution in [0.25, 0.3) is 0 Å². The number of nitrogen functional groups attached to an aromatic ring is 1. The van der Waals surface area contributed by atoms with Gasteiger partial charge in [0.25, 0.3) is 0 Å². The smallest absolute Gasteiger partial charge is 0.224 e. The summed E-state index contributed by atoms with van der Waals surface area (Å²) in [6, 6.07) is 7.80. The van der Waals surface area contributed by atoms with E-state index in [1.54, 1.807) is 0 Å². The van der Waals surface area contributed by atoms with E-state index in [1.165, 1.54) is 5.56 Å². The first-order valence-electron chi connectivity index (χ1n) is 6.89. The van der Waals surface area contributed by atoms with Crippen molar-refractivity contribution in [3.63, 3.8) is 0 Å². The number of anilines is 1. The summed E-state index contributed by atoms with van der Waals surface area (Å²) in [6.07, 6.45) is 0.847. The van der Waals surface area contributed by atoms with Crippen molar-refractivity contribution in [1.29, 1.82) is 0 Å². The molecule has 0 heterocycles. The van der Waals surface area contributed by atoms with Crippen LogP contribution >= 0.6 is 0 Å². The molecule has 1 fully saturated rings. The lowest BCUT2D eigenvalue weighted by Crippen LogP contribution is -2.29. The van der Waals surface area contributed by atoms with Gasteiger partial charge in [0, 0.05) is 18.2 Å². The monoisotopic (exact) mass is 260 g/mol. The standard InChI is InChI=1S/C16H24N2O/c1-15(2)13(16(15,3)4)14(19)18-10-9-11-5-7-12(17)8-6-11/h5-8,13H,9-10,17H2,1-4H3,(H,18,19). The van der Waals surface area contributed by atoms with Crippen LogP contribution in [-0.2, 0) is 11.2 Å². The normalized spacial score (nSPS) is 20.0. The second kappa shape index (κ2) is 4.55. The van der Waals surface area contributed by atoms with Gasteiger partial charge in [0.05, 0.1) is 0 Å². The average molecular weight is 260 g/mol. The molecule has 3 heteroatoms. The Bertz CT molecular complexity index is 460. The van der Waals surface area contributed by atoms with Crippen LogP contribution < -0.4 is 11.1 Å². The molecule has 3 nitrogen and oxygen atoms in total. The van der Waals surface area contributed by atoms with Crippen LogP contribution in [0.3, 0.4) is 0 Å². The molecular formula is C16H24N2O. The Kier molecular flexibility index (Phi) is 3.33. The number of rotatable bonds is 4. The van der Waals surface area contributed by atoms with Crippen LogP contribution in [0.1, 0.15) is 33.3 Å². The molecule has 1 aliphatic carbocycles. The summed E-state index contributed by atoms with van der Waals surface area (Å²) < 4.78 is 0. The van der Waals surface area contributed by atoms with Gasteiger partial charge in [-0.05, 0) is 34.9 Å². The van der Waals surface area contributed by atoms with Crippen LogP contribution in [0.15, 0.2) is 24.3 Å². The lowest BCUT2D eigenvalue weighted by atomic mass is 10.0. The van der Waals surface area contributed by atoms with Crippen molar-refractivity contribution in [3.8, 4) is 0 Å². The van der Waals surface area contributed by atoms with Gasteiger partial charge in [0.2, 0.25) is 5.91 Å². The Morgan fingerprint density at radius 1 is 1.16 bits per heavy atom. The fourth-order valence-electron chi connectivity index (χ4n) is 2.97. The van der Waals surface area contributed by atoms with Crippen molar-refractivity contribution in [3.05, 3.63) is 29.8 Å². The second-order valence-electron chi connectivity index (χ2n) is 6.66. The number of hydrogen-bond donors (Lipinski definition) is 2. The fraction of sp³-hybridized carbons (Fsp3) is 0.562. The van der Waals surface area contributed by atoms with E-state index in [9.17, 15) is 4.79 Å². The lowest BCUT2D eigenvalue weighted by molar-refractivity contribution is -0.123. The zero-order chi connectivity index (χ0) is 14.3. The molecule has 0 radical (unpaired) electrons. The highest BCUT2D eigenvalue weighted by atomic mass is 16.2. The van der Waals surface area contributed by atoms with Gasteiger partial charge in [-0.15, -0.1) is 0 Å². The SMILES string of the molecule is CC1(C)C(C(=O)NCCc2ccc(N)cc2)C1(C)C. The maximum atomic E-state index is 12.1. The highest BCUT2D eigenvalue weighted by Crippen LogP contribution is 2.68. The Balaban J connectivity index is 1.81. The maximum Gasteiger partial charge on any atom is 0.224 e. The van der Waals surface area contributed by atoms with Gasteiger partial charge in [-0.3, -0.25) is 4.79 Å². The summed E-state index contributed by atoms with van der Waals surface area (Å²) in [6.45, 7) is 9.34. The Morgan fingerprint density at radius 2 is 1.68 bits per heavy atom. The van der Waals surface area contributed by atoms with Gasteiger partial charge in [-0.2, -0.15) is 0 Å². The number of nitrogens with one attached hydrogen (secondary N) is 1. The minimum atomic E-state index is 0.109. The molecule has 3 N–H and O–H groups in total. The van der Waals surface area contributed by atoms with E-state index in [-0.39, 0.29) is 22.7 Å². The molecule has 1 aliphatic rings. The molecule has 0 saturated heterocycles. The predicted molar refractivity (Wildman–Crippen MR) is 78.6 cm³/mol. The van der Waals surface area contributed by atoms with Crippen LogP contribution in [-0.4, -0.2) is 12.5 Å². The van der Waals surface area contributed by atoms with Crippen molar-refractivity contribution < 1.29 is 4.79 Å². The Morgan fingerprint density at radius 3 is 2.16 bits per heavy atom. The summed E-state index contributed by atoms with van der Waals surface area (Å²) in [7, 11) is 0. The molecule has 1 saturated carbocycles. The third-order valence-electron chi connectivity index (χ3n) is 4.98. The molecule has 1 amide bonds. The predicted octanol–water partition coefficient (Wildman–Crippen LogP) is 2.61. The number of nitrogens with two attached hydrogens (primary N) is 1. The van der Waals surface area contributed by atoms with Crippen LogP contribution in [0.4, 0.5) is 5.69 Å². The quantitative estimate of drug-likeness (QED) is 0.818. The van der Waals surface area contributed by atoms with Crippen LogP contribution in [0, 0.1) is 16.7 Å². The summed E-state index contributed by atoms with van der Waals surface area (Å²) >= 11 is 0. The van der Waals surface area contributed by atoms with Crippen LogP contribution in [0.5, 0.6) is 0 Å². The van der Waals surface area contributed by atoms with E-state index in [2.05, 4.69) is 33.0 Å². The average Bonchev–Trinajstić information content (AvgIpc) is 2.72. The van der Waals surface area contributed by atoms with Gasteiger partial charge >= 0.3 is 0 Å². The number of hydrogen-bond acceptors (Lipinski definition) is 2. The molecule has 19 heavy (non-hydrogen) atoms. The molecule has 0 spiro atoms. The summed E-state index contributed by atoms with van der Waals surface area (Å²) in [4.78, 5) is 12.1. The highest BCUT2D eigenvalue weighted by molar-refractivity contribution is 5.84. The van der Waals surface area contributed by atoms with Gasteiger partial charge < -0.3 is 11.1 Å². The minimum absolute atomic E-state index is 0.109. The lowest BCUT2D eigenvalue weighted by Gasteiger charge is -2.07. The van der Waals surface area contributed by atoms with E-state index in [4.69, 9.17) is 5.73 Å². The number of amides is 1. The van der Waals surface area contributed by atoms with Crippen molar-refractivity contribution in [2.45, 2.75) is 34.1 Å². The zero-order valence-electron chi connectivity index (χ0n) is 12.3. The topological polar surface area (TPSA) is 55.1 Å². The first kappa shape index (κ1) is 13.9. The molecule has 0 atom stereocenters. The first-order chi connectivity index (χ1) is 8.76. The molecule has 1 aromatic carbocycles. The third-order valence-corrected chi connectivity index (χ3v) is 4.98. The fourth-order valence-corrected chi connectivity index (χ4v) is 2.97.